The molecule has 2 aromatic rings. The van der Waals surface area contributed by atoms with Crippen LogP contribution < -0.4 is 19.8 Å². The molecule has 2 rings (SSSR count). The molecule has 1 heterocycles. The summed E-state index contributed by atoms with van der Waals surface area (Å²) in [6, 6.07) is 6.00. The first kappa shape index (κ1) is 28.9. The van der Waals surface area contributed by atoms with Crippen LogP contribution >= 0.6 is 0 Å². The molecule has 0 aliphatic rings. The van der Waals surface area contributed by atoms with Crippen molar-refractivity contribution in [3.63, 3.8) is 0 Å². The number of carboxylic acids is 1. The second-order valence-corrected chi connectivity index (χ2v) is 9.02. The van der Waals surface area contributed by atoms with E-state index in [2.05, 4.69) is 25.0 Å². The van der Waals surface area contributed by atoms with Crippen molar-refractivity contribution in [3.8, 4) is 0 Å². The Morgan fingerprint density at radius 3 is 2.12 bits per heavy atom. The highest BCUT2D eigenvalue weighted by molar-refractivity contribution is 7.89. The lowest BCUT2D eigenvalue weighted by Gasteiger charge is -2.24. The number of aromatic nitrogens is 3. The van der Waals surface area contributed by atoms with E-state index in [9.17, 15) is 23.4 Å². The fourth-order valence-electron chi connectivity index (χ4n) is 2.67. The van der Waals surface area contributed by atoms with Gasteiger partial charge >= 0.3 is 5.97 Å². The number of nitrogens with one attached hydrogen (secondary N) is 2. The monoisotopic (exact) mass is 501 g/mol. The van der Waals surface area contributed by atoms with Gasteiger partial charge in [-0.25, -0.2) is 17.9 Å². The lowest BCUT2D eigenvalue weighted by Crippen LogP contribution is -2.35. The molecule has 0 aliphatic carbocycles. The van der Waals surface area contributed by atoms with E-state index in [-0.39, 0.29) is 74.0 Å². The van der Waals surface area contributed by atoms with E-state index in [1.54, 1.807) is 35.9 Å². The fourth-order valence-corrected chi connectivity index (χ4v) is 3.28. The molecular formula is C19H31N7O7S. The van der Waals surface area contributed by atoms with E-state index in [0.29, 0.717) is 5.69 Å². The number of hydrogen-bond acceptors (Lipinski definition) is 11. The van der Waals surface area contributed by atoms with Gasteiger partial charge in [-0.15, -0.1) is 0 Å². The van der Waals surface area contributed by atoms with Crippen molar-refractivity contribution >= 4 is 39.5 Å². The highest BCUT2D eigenvalue weighted by Gasteiger charge is 2.16. The van der Waals surface area contributed by atoms with Crippen LogP contribution in [-0.2, 0) is 10.0 Å². The van der Waals surface area contributed by atoms with Crippen molar-refractivity contribution in [2.24, 2.45) is 0 Å². The van der Waals surface area contributed by atoms with Crippen LogP contribution in [0.1, 0.15) is 17.3 Å². The number of anilines is 4. The Hall–Kier alpha value is -3.11. The van der Waals surface area contributed by atoms with Gasteiger partial charge in [-0.2, -0.15) is 15.0 Å². The van der Waals surface area contributed by atoms with Gasteiger partial charge in [0.2, 0.25) is 27.9 Å². The molecule has 0 saturated heterocycles. The molecule has 1 aromatic heterocycles. The minimum Gasteiger partial charge on any atom is -0.478 e. The number of benzene rings is 1. The second kappa shape index (κ2) is 13.6. The number of aliphatic hydroxyl groups excluding tert-OH is 2. The van der Waals surface area contributed by atoms with Crippen molar-refractivity contribution in [1.29, 1.82) is 0 Å². The van der Waals surface area contributed by atoms with Gasteiger partial charge in [-0.3, -0.25) is 0 Å². The number of sulfonamides is 1. The van der Waals surface area contributed by atoms with Gasteiger partial charge < -0.3 is 35.9 Å². The molecule has 190 valence electrons. The Labute approximate surface area is 197 Å². The van der Waals surface area contributed by atoms with Crippen LogP contribution in [0.5, 0.6) is 0 Å². The SMILES string of the molecule is CCS(=O)(=O)NCCN(C)c1nc(Nc2ccc(C(=O)O)cc2)nc(N(CCO)CCO)n1.O. The number of aliphatic hydroxyl groups is 2. The molecule has 0 aliphatic heterocycles. The third-order valence-corrected chi connectivity index (χ3v) is 5.92. The number of aromatic carboxylic acids is 1. The number of carbonyl (C=O) groups is 1. The maximum atomic E-state index is 11.7. The van der Waals surface area contributed by atoms with Crippen LogP contribution in [0.4, 0.5) is 23.5 Å². The third kappa shape index (κ3) is 8.68. The summed E-state index contributed by atoms with van der Waals surface area (Å²) in [6.45, 7) is 1.94. The Bertz CT molecular complexity index is 1020. The minimum atomic E-state index is -3.34. The molecule has 0 fully saturated rings. The van der Waals surface area contributed by atoms with Crippen LogP contribution in [0.2, 0.25) is 0 Å². The first-order valence-corrected chi connectivity index (χ1v) is 11.9. The van der Waals surface area contributed by atoms with E-state index >= 15 is 0 Å². The van der Waals surface area contributed by atoms with Gasteiger partial charge in [0.15, 0.2) is 0 Å². The van der Waals surface area contributed by atoms with Crippen molar-refractivity contribution < 1.29 is 34.0 Å². The number of hydrogen-bond donors (Lipinski definition) is 5. The van der Waals surface area contributed by atoms with Gasteiger partial charge in [-0.1, -0.05) is 0 Å². The molecule has 7 N–H and O–H groups in total. The molecule has 0 bridgehead atoms. The molecule has 0 spiro atoms. The van der Waals surface area contributed by atoms with E-state index in [0.717, 1.165) is 0 Å². The number of carboxylic acid groups (broad SMARTS) is 1. The van der Waals surface area contributed by atoms with Crippen LogP contribution in [0, 0.1) is 0 Å². The summed E-state index contributed by atoms with van der Waals surface area (Å²) in [7, 11) is -1.65. The largest absolute Gasteiger partial charge is 0.478 e. The summed E-state index contributed by atoms with van der Waals surface area (Å²) in [5, 5.41) is 30.8. The minimum absolute atomic E-state index is 0. The van der Waals surface area contributed by atoms with Gasteiger partial charge in [0.25, 0.3) is 0 Å². The van der Waals surface area contributed by atoms with E-state index in [1.807, 2.05) is 0 Å². The molecule has 14 nitrogen and oxygen atoms in total. The van der Waals surface area contributed by atoms with Crippen molar-refractivity contribution in [3.05, 3.63) is 29.8 Å². The lowest BCUT2D eigenvalue weighted by atomic mass is 10.2. The highest BCUT2D eigenvalue weighted by Crippen LogP contribution is 2.20. The Morgan fingerprint density at radius 2 is 1.59 bits per heavy atom. The summed E-state index contributed by atoms with van der Waals surface area (Å²) in [4.78, 5) is 27.4. The molecule has 1 aromatic carbocycles. The molecule has 0 saturated carbocycles. The van der Waals surface area contributed by atoms with Crippen LogP contribution in [-0.4, -0.2) is 102 Å². The van der Waals surface area contributed by atoms with Crippen LogP contribution in [0.3, 0.4) is 0 Å². The van der Waals surface area contributed by atoms with Gasteiger partial charge in [0.05, 0.1) is 24.5 Å². The van der Waals surface area contributed by atoms with Crippen molar-refractivity contribution in [2.45, 2.75) is 6.92 Å². The van der Waals surface area contributed by atoms with E-state index < -0.39 is 16.0 Å². The van der Waals surface area contributed by atoms with E-state index in [4.69, 9.17) is 5.11 Å². The fraction of sp³-hybridized carbons (Fsp3) is 0.474. The Morgan fingerprint density at radius 1 is 1.00 bits per heavy atom. The van der Waals surface area contributed by atoms with Crippen molar-refractivity contribution in [1.82, 2.24) is 19.7 Å². The van der Waals surface area contributed by atoms with Gasteiger partial charge in [-0.05, 0) is 31.2 Å². The molecule has 0 unspecified atom stereocenters. The first-order chi connectivity index (χ1) is 15.7. The quantitative estimate of drug-likeness (QED) is 0.203. The predicted molar refractivity (Wildman–Crippen MR) is 127 cm³/mol. The van der Waals surface area contributed by atoms with Gasteiger partial charge in [0, 0.05) is 38.9 Å². The lowest BCUT2D eigenvalue weighted by molar-refractivity contribution is 0.0697. The summed E-state index contributed by atoms with van der Waals surface area (Å²) < 4.78 is 25.8. The van der Waals surface area contributed by atoms with Crippen LogP contribution in [0.25, 0.3) is 0 Å². The summed E-state index contributed by atoms with van der Waals surface area (Å²) >= 11 is 0. The predicted octanol–water partition coefficient (Wildman–Crippen LogP) is -1.34. The smallest absolute Gasteiger partial charge is 0.335 e. The number of nitrogens with zero attached hydrogens (tertiary/aromatic N) is 5. The zero-order chi connectivity index (χ0) is 24.4. The average molecular weight is 502 g/mol. The summed E-state index contributed by atoms with van der Waals surface area (Å²) in [5.41, 5.74) is 0.668. The van der Waals surface area contributed by atoms with E-state index in [1.165, 1.54) is 12.1 Å². The zero-order valence-corrected chi connectivity index (χ0v) is 19.8. The second-order valence-electron chi connectivity index (χ2n) is 6.92. The molecule has 34 heavy (non-hydrogen) atoms. The molecule has 15 heteroatoms. The molecule has 0 radical (unpaired) electrons. The maximum Gasteiger partial charge on any atom is 0.335 e. The van der Waals surface area contributed by atoms with Crippen LogP contribution in [0.15, 0.2) is 24.3 Å². The first-order valence-electron chi connectivity index (χ1n) is 10.2. The Balaban J connectivity index is 0.00000578. The van der Waals surface area contributed by atoms with Gasteiger partial charge in [0.1, 0.15) is 0 Å². The maximum absolute atomic E-state index is 11.7. The summed E-state index contributed by atoms with van der Waals surface area (Å²) in [6.07, 6.45) is 0. The van der Waals surface area contributed by atoms with Crippen molar-refractivity contribution in [2.75, 3.05) is 67.3 Å². The summed E-state index contributed by atoms with van der Waals surface area (Å²) in [5.74, 6) is -0.483. The molecule has 0 amide bonds. The zero-order valence-electron chi connectivity index (χ0n) is 19.0. The topological polar surface area (TPSA) is 213 Å². The number of likely N-dealkylation sites (N-methyl/N-ethyl adjacent to an activating group) is 1. The highest BCUT2D eigenvalue weighted by atomic mass is 32.2. The normalized spacial score (nSPS) is 10.9. The molecule has 0 atom stereocenters. The average Bonchev–Trinajstić information content (AvgIpc) is 2.79. The number of rotatable bonds is 14. The third-order valence-electron chi connectivity index (χ3n) is 4.51. The standard InChI is InChI=1S/C19H29N7O6S.H2O/c1-3-33(31,32)20-8-9-25(2)18-22-17(21-15-6-4-14(5-7-15)16(29)30)23-19(24-18)26(10-12-27)11-13-28;/h4-7,20,27-28H,3,8-13H2,1-2H3,(H,29,30)(H,21,22,23,24);1H2. The Kier molecular flexibility index (Phi) is 11.5. The molecular weight excluding hydrogens is 470 g/mol.